The van der Waals surface area contributed by atoms with Gasteiger partial charge in [0.15, 0.2) is 0 Å². The van der Waals surface area contributed by atoms with Gasteiger partial charge in [-0.1, -0.05) is 25.1 Å². The molecule has 0 heterocycles. The van der Waals surface area contributed by atoms with Gasteiger partial charge in [0.25, 0.3) is 0 Å². The molecule has 1 heteroatoms. The number of hydrogen-bond acceptors (Lipinski definition) is 1. The summed E-state index contributed by atoms with van der Waals surface area (Å²) >= 11 is 0. The van der Waals surface area contributed by atoms with Crippen molar-refractivity contribution in [3.05, 3.63) is 34.9 Å². The summed E-state index contributed by atoms with van der Waals surface area (Å²) in [5.41, 5.74) is 4.50. The van der Waals surface area contributed by atoms with Crippen LogP contribution in [-0.4, -0.2) is 6.54 Å². The minimum Gasteiger partial charge on any atom is -0.309 e. The SMILES string of the molecule is CC#CCC(NCC)c1ccc2c(c1)CCC2. The van der Waals surface area contributed by atoms with Gasteiger partial charge >= 0.3 is 0 Å². The van der Waals surface area contributed by atoms with Gasteiger partial charge in [-0.2, -0.15) is 0 Å². The molecule has 0 radical (unpaired) electrons. The summed E-state index contributed by atoms with van der Waals surface area (Å²) in [6, 6.07) is 7.35. The predicted octanol–water partition coefficient (Wildman–Crippen LogP) is 3.24. The molecular formula is C16H21N. The van der Waals surface area contributed by atoms with Crippen molar-refractivity contribution in [3.8, 4) is 11.8 Å². The molecule has 0 aliphatic heterocycles. The van der Waals surface area contributed by atoms with Gasteiger partial charge in [0, 0.05) is 12.5 Å². The summed E-state index contributed by atoms with van der Waals surface area (Å²) in [5.74, 6) is 6.18. The zero-order valence-electron chi connectivity index (χ0n) is 10.8. The second kappa shape index (κ2) is 5.89. The molecule has 0 aromatic heterocycles. The van der Waals surface area contributed by atoms with Gasteiger partial charge < -0.3 is 5.32 Å². The molecule has 2 rings (SSSR count). The van der Waals surface area contributed by atoms with Crippen molar-refractivity contribution in [2.45, 2.75) is 45.6 Å². The Morgan fingerprint density at radius 1 is 1.29 bits per heavy atom. The lowest BCUT2D eigenvalue weighted by atomic mass is 9.99. The van der Waals surface area contributed by atoms with Crippen LogP contribution in [0.5, 0.6) is 0 Å². The van der Waals surface area contributed by atoms with Gasteiger partial charge in [-0.25, -0.2) is 0 Å². The number of nitrogens with one attached hydrogen (secondary N) is 1. The summed E-state index contributed by atoms with van der Waals surface area (Å²) in [7, 11) is 0. The zero-order valence-corrected chi connectivity index (χ0v) is 10.8. The zero-order chi connectivity index (χ0) is 12.1. The molecule has 1 aromatic rings. The highest BCUT2D eigenvalue weighted by molar-refractivity contribution is 5.37. The van der Waals surface area contributed by atoms with Crippen molar-refractivity contribution < 1.29 is 0 Å². The lowest BCUT2D eigenvalue weighted by Gasteiger charge is -2.16. The van der Waals surface area contributed by atoms with E-state index in [1.54, 1.807) is 11.1 Å². The lowest BCUT2D eigenvalue weighted by molar-refractivity contribution is 0.564. The first-order chi connectivity index (χ1) is 8.35. The van der Waals surface area contributed by atoms with Crippen molar-refractivity contribution in [2.75, 3.05) is 6.54 Å². The van der Waals surface area contributed by atoms with Crippen LogP contribution in [0.1, 0.15) is 49.4 Å². The Morgan fingerprint density at radius 3 is 2.88 bits per heavy atom. The fourth-order valence-electron chi connectivity index (χ4n) is 2.57. The summed E-state index contributed by atoms with van der Waals surface area (Å²) in [6.45, 7) is 5.05. The number of rotatable bonds is 4. The predicted molar refractivity (Wildman–Crippen MR) is 73.0 cm³/mol. The Hall–Kier alpha value is -1.26. The smallest absolute Gasteiger partial charge is 0.0430 e. The second-order valence-corrected chi connectivity index (χ2v) is 4.62. The third-order valence-corrected chi connectivity index (χ3v) is 3.46. The first-order valence-electron chi connectivity index (χ1n) is 6.59. The highest BCUT2D eigenvalue weighted by Crippen LogP contribution is 2.26. The first-order valence-corrected chi connectivity index (χ1v) is 6.59. The fraction of sp³-hybridized carbons (Fsp3) is 0.500. The Kier molecular flexibility index (Phi) is 4.23. The van der Waals surface area contributed by atoms with Gasteiger partial charge in [-0.15, -0.1) is 11.8 Å². The van der Waals surface area contributed by atoms with E-state index < -0.39 is 0 Å². The molecule has 1 atom stereocenters. The standard InChI is InChI=1S/C16H21N/c1-3-5-9-16(17-4-2)15-11-10-13-7-6-8-14(13)12-15/h10-12,16-17H,4,6-9H2,1-2H3. The third-order valence-electron chi connectivity index (χ3n) is 3.46. The minimum atomic E-state index is 0.387. The van der Waals surface area contributed by atoms with Crippen molar-refractivity contribution in [3.63, 3.8) is 0 Å². The van der Waals surface area contributed by atoms with Crippen LogP contribution in [0.15, 0.2) is 18.2 Å². The first kappa shape index (κ1) is 12.2. The quantitative estimate of drug-likeness (QED) is 0.779. The van der Waals surface area contributed by atoms with Crippen LogP contribution in [0.4, 0.5) is 0 Å². The molecule has 1 unspecified atom stereocenters. The van der Waals surface area contributed by atoms with E-state index in [1.807, 2.05) is 6.92 Å². The maximum absolute atomic E-state index is 3.52. The van der Waals surface area contributed by atoms with E-state index in [4.69, 9.17) is 0 Å². The maximum Gasteiger partial charge on any atom is 0.0430 e. The van der Waals surface area contributed by atoms with Crippen LogP contribution >= 0.6 is 0 Å². The third kappa shape index (κ3) is 2.90. The molecule has 0 bridgehead atoms. The van der Waals surface area contributed by atoms with E-state index in [1.165, 1.54) is 24.8 Å². The van der Waals surface area contributed by atoms with Gasteiger partial charge in [-0.3, -0.25) is 0 Å². The largest absolute Gasteiger partial charge is 0.309 e. The molecule has 0 spiro atoms. The van der Waals surface area contributed by atoms with Crippen molar-refractivity contribution in [1.82, 2.24) is 5.32 Å². The number of fused-ring (bicyclic) bond motifs is 1. The molecule has 1 aliphatic carbocycles. The highest BCUT2D eigenvalue weighted by atomic mass is 14.9. The molecule has 17 heavy (non-hydrogen) atoms. The van der Waals surface area contributed by atoms with E-state index in [0.29, 0.717) is 6.04 Å². The summed E-state index contributed by atoms with van der Waals surface area (Å²) in [6.07, 6.45) is 4.74. The minimum absolute atomic E-state index is 0.387. The van der Waals surface area contributed by atoms with Gasteiger partial charge in [0.1, 0.15) is 0 Å². The van der Waals surface area contributed by atoms with E-state index in [2.05, 4.69) is 42.3 Å². The van der Waals surface area contributed by atoms with E-state index in [9.17, 15) is 0 Å². The summed E-state index contributed by atoms with van der Waals surface area (Å²) in [4.78, 5) is 0. The fourth-order valence-corrected chi connectivity index (χ4v) is 2.57. The molecular weight excluding hydrogens is 206 g/mol. The van der Waals surface area contributed by atoms with Crippen LogP contribution in [-0.2, 0) is 12.8 Å². The molecule has 0 saturated heterocycles. The maximum atomic E-state index is 3.52. The molecule has 90 valence electrons. The van der Waals surface area contributed by atoms with Gasteiger partial charge in [0.2, 0.25) is 0 Å². The van der Waals surface area contributed by atoms with Gasteiger partial charge in [-0.05, 0) is 49.4 Å². The Balaban J connectivity index is 2.19. The van der Waals surface area contributed by atoms with Gasteiger partial charge in [0.05, 0.1) is 0 Å². The molecule has 1 nitrogen and oxygen atoms in total. The summed E-state index contributed by atoms with van der Waals surface area (Å²) < 4.78 is 0. The van der Waals surface area contributed by atoms with E-state index in [-0.39, 0.29) is 0 Å². The molecule has 1 aliphatic rings. The Labute approximate surface area is 105 Å². The number of aryl methyl sites for hydroxylation is 2. The van der Waals surface area contributed by atoms with Crippen LogP contribution in [0.2, 0.25) is 0 Å². The lowest BCUT2D eigenvalue weighted by Crippen LogP contribution is -2.20. The van der Waals surface area contributed by atoms with Crippen LogP contribution in [0.3, 0.4) is 0 Å². The molecule has 1 N–H and O–H groups in total. The molecule has 0 fully saturated rings. The Morgan fingerprint density at radius 2 is 2.12 bits per heavy atom. The van der Waals surface area contributed by atoms with Crippen LogP contribution < -0.4 is 5.32 Å². The van der Waals surface area contributed by atoms with Crippen molar-refractivity contribution >= 4 is 0 Å². The average molecular weight is 227 g/mol. The van der Waals surface area contributed by atoms with E-state index in [0.717, 1.165) is 13.0 Å². The highest BCUT2D eigenvalue weighted by Gasteiger charge is 2.14. The van der Waals surface area contributed by atoms with Crippen LogP contribution in [0, 0.1) is 11.8 Å². The van der Waals surface area contributed by atoms with Crippen LogP contribution in [0.25, 0.3) is 0 Å². The second-order valence-electron chi connectivity index (χ2n) is 4.62. The molecule has 0 amide bonds. The average Bonchev–Trinajstić information content (AvgIpc) is 2.81. The van der Waals surface area contributed by atoms with Crippen molar-refractivity contribution in [2.24, 2.45) is 0 Å². The number of benzene rings is 1. The van der Waals surface area contributed by atoms with Crippen molar-refractivity contribution in [1.29, 1.82) is 0 Å². The summed E-state index contributed by atoms with van der Waals surface area (Å²) in [5, 5.41) is 3.52. The number of hydrogen-bond donors (Lipinski definition) is 1. The molecule has 0 saturated carbocycles. The molecule has 1 aromatic carbocycles. The normalized spacial score (nSPS) is 14.9. The van der Waals surface area contributed by atoms with E-state index >= 15 is 0 Å². The Bertz CT molecular complexity index is 437. The topological polar surface area (TPSA) is 12.0 Å². The monoisotopic (exact) mass is 227 g/mol.